The van der Waals surface area contributed by atoms with Gasteiger partial charge in [-0.25, -0.2) is 8.42 Å². The van der Waals surface area contributed by atoms with Gasteiger partial charge >= 0.3 is 0 Å². The largest absolute Gasteiger partial charge is 0.323 e. The molecule has 0 aliphatic heterocycles. The van der Waals surface area contributed by atoms with Gasteiger partial charge in [0.05, 0.1) is 16.3 Å². The highest BCUT2D eigenvalue weighted by Gasteiger charge is 2.27. The zero-order valence-electron chi connectivity index (χ0n) is 14.2. The van der Waals surface area contributed by atoms with Crippen LogP contribution in [0.15, 0.2) is 94.3 Å². The Bertz CT molecular complexity index is 1030. The summed E-state index contributed by atoms with van der Waals surface area (Å²) in [6.07, 6.45) is 0. The molecule has 7 heteroatoms. The fraction of sp³-hybridized carbons (Fsp3) is 0.0500. The molecule has 0 fully saturated rings. The van der Waals surface area contributed by atoms with Gasteiger partial charge in [-0.15, -0.1) is 0 Å². The van der Waals surface area contributed by atoms with Crippen molar-refractivity contribution in [1.82, 2.24) is 0 Å². The molecule has 138 valence electrons. The van der Waals surface area contributed by atoms with Gasteiger partial charge in [-0.3, -0.25) is 9.10 Å². The minimum atomic E-state index is -3.89. The van der Waals surface area contributed by atoms with E-state index < -0.39 is 15.9 Å². The van der Waals surface area contributed by atoms with Crippen molar-refractivity contribution in [2.45, 2.75) is 4.90 Å². The molecular formula is C20H17BrN2O3S. The zero-order valence-corrected chi connectivity index (χ0v) is 16.7. The maximum atomic E-state index is 13.1. The fourth-order valence-electron chi connectivity index (χ4n) is 2.51. The Labute approximate surface area is 166 Å². The molecule has 0 radical (unpaired) electrons. The summed E-state index contributed by atoms with van der Waals surface area (Å²) in [6.45, 7) is -0.345. The van der Waals surface area contributed by atoms with Crippen LogP contribution in [0.5, 0.6) is 0 Å². The normalized spacial score (nSPS) is 11.0. The van der Waals surface area contributed by atoms with Gasteiger partial charge < -0.3 is 5.32 Å². The Kier molecular flexibility index (Phi) is 5.93. The number of sulfonamides is 1. The number of nitrogens with zero attached hydrogens (tertiary/aromatic N) is 1. The third-order valence-corrected chi connectivity index (χ3v) is 6.29. The number of carbonyl (C=O) groups is 1. The van der Waals surface area contributed by atoms with E-state index in [4.69, 9.17) is 0 Å². The topological polar surface area (TPSA) is 66.5 Å². The van der Waals surface area contributed by atoms with E-state index in [9.17, 15) is 13.2 Å². The third-order valence-electron chi connectivity index (χ3n) is 3.81. The molecule has 5 nitrogen and oxygen atoms in total. The van der Waals surface area contributed by atoms with Crippen molar-refractivity contribution >= 4 is 43.2 Å². The smallest absolute Gasteiger partial charge is 0.264 e. The van der Waals surface area contributed by atoms with Gasteiger partial charge in [0.2, 0.25) is 5.91 Å². The number of halogens is 1. The zero-order chi connectivity index (χ0) is 19.3. The van der Waals surface area contributed by atoms with Gasteiger partial charge in [0.25, 0.3) is 10.0 Å². The fourth-order valence-corrected chi connectivity index (χ4v) is 4.34. The lowest BCUT2D eigenvalue weighted by molar-refractivity contribution is -0.114. The lowest BCUT2D eigenvalue weighted by Crippen LogP contribution is -2.38. The van der Waals surface area contributed by atoms with Gasteiger partial charge in [-0.05, 0) is 52.3 Å². The van der Waals surface area contributed by atoms with Gasteiger partial charge in [-0.1, -0.05) is 48.5 Å². The van der Waals surface area contributed by atoms with E-state index in [2.05, 4.69) is 21.2 Å². The number of rotatable bonds is 6. The van der Waals surface area contributed by atoms with E-state index in [0.717, 1.165) is 8.78 Å². The average molecular weight is 445 g/mol. The second kappa shape index (κ2) is 8.37. The van der Waals surface area contributed by atoms with E-state index >= 15 is 0 Å². The van der Waals surface area contributed by atoms with Crippen LogP contribution in [0, 0.1) is 0 Å². The molecule has 0 atom stereocenters. The molecule has 0 aliphatic carbocycles. The van der Waals surface area contributed by atoms with E-state index in [1.165, 1.54) is 12.1 Å². The van der Waals surface area contributed by atoms with Crippen LogP contribution in [0.2, 0.25) is 0 Å². The van der Waals surface area contributed by atoms with Crippen LogP contribution in [0.1, 0.15) is 0 Å². The number of amides is 1. The first-order valence-electron chi connectivity index (χ1n) is 8.16. The molecule has 0 saturated carbocycles. The maximum Gasteiger partial charge on any atom is 0.264 e. The molecule has 0 spiro atoms. The summed E-state index contributed by atoms with van der Waals surface area (Å²) in [5, 5.41) is 2.74. The first-order valence-corrected chi connectivity index (χ1v) is 10.4. The molecule has 0 unspecified atom stereocenters. The molecule has 0 heterocycles. The number of benzene rings is 3. The summed E-state index contributed by atoms with van der Waals surface area (Å²) in [7, 11) is -3.89. The van der Waals surface area contributed by atoms with Gasteiger partial charge in [-0.2, -0.15) is 0 Å². The Hall–Kier alpha value is -2.64. The lowest BCUT2D eigenvalue weighted by atomic mass is 10.3. The number of carbonyl (C=O) groups excluding carboxylic acids is 1. The summed E-state index contributed by atoms with van der Waals surface area (Å²) >= 11 is 3.37. The molecule has 3 aromatic rings. The van der Waals surface area contributed by atoms with Crippen LogP contribution in [-0.4, -0.2) is 20.9 Å². The molecule has 3 aromatic carbocycles. The third kappa shape index (κ3) is 4.56. The Morgan fingerprint density at radius 3 is 2.04 bits per heavy atom. The molecule has 1 N–H and O–H groups in total. The van der Waals surface area contributed by atoms with Crippen molar-refractivity contribution in [3.63, 3.8) is 0 Å². The minimum absolute atomic E-state index is 0.127. The molecule has 0 aliphatic rings. The highest BCUT2D eigenvalue weighted by Crippen LogP contribution is 2.24. The predicted octanol–water partition coefficient (Wildman–Crippen LogP) is 4.28. The highest BCUT2D eigenvalue weighted by atomic mass is 79.9. The first kappa shape index (κ1) is 19.1. The van der Waals surface area contributed by atoms with Crippen molar-refractivity contribution in [3.05, 3.63) is 89.4 Å². The maximum absolute atomic E-state index is 13.1. The molecule has 1 amide bonds. The van der Waals surface area contributed by atoms with Crippen molar-refractivity contribution in [3.8, 4) is 0 Å². The summed E-state index contributed by atoms with van der Waals surface area (Å²) in [4.78, 5) is 12.7. The van der Waals surface area contributed by atoms with Crippen molar-refractivity contribution in [1.29, 1.82) is 0 Å². The van der Waals surface area contributed by atoms with E-state index in [-0.39, 0.29) is 11.4 Å². The Morgan fingerprint density at radius 2 is 1.41 bits per heavy atom. The number of nitrogens with one attached hydrogen (secondary N) is 1. The van der Waals surface area contributed by atoms with Crippen LogP contribution in [0.25, 0.3) is 0 Å². The predicted molar refractivity (Wildman–Crippen MR) is 110 cm³/mol. The number of para-hydroxylation sites is 2. The number of hydrogen-bond acceptors (Lipinski definition) is 3. The minimum Gasteiger partial charge on any atom is -0.323 e. The molecular weight excluding hydrogens is 428 g/mol. The van der Waals surface area contributed by atoms with Crippen LogP contribution < -0.4 is 9.62 Å². The molecule has 27 heavy (non-hydrogen) atoms. The van der Waals surface area contributed by atoms with Crippen molar-refractivity contribution in [2.24, 2.45) is 0 Å². The standard InChI is InChI=1S/C20H17BrN2O3S/c21-18-13-7-8-14-19(18)22-20(24)15-23(16-9-3-1-4-10-16)27(25,26)17-11-5-2-6-12-17/h1-14H,15H2,(H,22,24). The monoisotopic (exact) mass is 444 g/mol. The molecule has 3 rings (SSSR count). The number of hydrogen-bond donors (Lipinski definition) is 1. The van der Waals surface area contributed by atoms with Gasteiger partial charge in [0, 0.05) is 4.47 Å². The summed E-state index contributed by atoms with van der Waals surface area (Å²) in [5.74, 6) is -0.440. The van der Waals surface area contributed by atoms with Crippen LogP contribution in [0.4, 0.5) is 11.4 Å². The van der Waals surface area contributed by atoms with Crippen LogP contribution in [-0.2, 0) is 14.8 Å². The van der Waals surface area contributed by atoms with Gasteiger partial charge in [0.15, 0.2) is 0 Å². The number of anilines is 2. The molecule has 0 saturated heterocycles. The van der Waals surface area contributed by atoms with Crippen molar-refractivity contribution in [2.75, 3.05) is 16.2 Å². The van der Waals surface area contributed by atoms with Crippen molar-refractivity contribution < 1.29 is 13.2 Å². The summed E-state index contributed by atoms with van der Waals surface area (Å²) in [6, 6.07) is 23.8. The second-order valence-electron chi connectivity index (χ2n) is 5.69. The SMILES string of the molecule is O=C(CN(c1ccccc1)S(=O)(=O)c1ccccc1)Nc1ccccc1Br. The van der Waals surface area contributed by atoms with Crippen LogP contribution in [0.3, 0.4) is 0 Å². The van der Waals surface area contributed by atoms with Crippen LogP contribution >= 0.6 is 15.9 Å². The Morgan fingerprint density at radius 1 is 0.852 bits per heavy atom. The first-order chi connectivity index (χ1) is 13.0. The average Bonchev–Trinajstić information content (AvgIpc) is 2.69. The molecule has 0 aromatic heterocycles. The van der Waals surface area contributed by atoms with E-state index in [1.807, 2.05) is 6.07 Å². The molecule has 0 bridgehead atoms. The second-order valence-corrected chi connectivity index (χ2v) is 8.40. The Balaban J connectivity index is 1.92. The van der Waals surface area contributed by atoms with E-state index in [0.29, 0.717) is 11.4 Å². The highest BCUT2D eigenvalue weighted by molar-refractivity contribution is 9.10. The van der Waals surface area contributed by atoms with Gasteiger partial charge in [0.1, 0.15) is 6.54 Å². The lowest BCUT2D eigenvalue weighted by Gasteiger charge is -2.24. The van der Waals surface area contributed by atoms with E-state index in [1.54, 1.807) is 66.7 Å². The quantitative estimate of drug-likeness (QED) is 0.616. The summed E-state index contributed by atoms with van der Waals surface area (Å²) in [5.41, 5.74) is 0.997. The summed E-state index contributed by atoms with van der Waals surface area (Å²) < 4.78 is 28.1.